The Kier molecular flexibility index (Phi) is 7.60. The van der Waals surface area contributed by atoms with Gasteiger partial charge in [0.25, 0.3) is 0 Å². The molecule has 4 heteroatoms. The van der Waals surface area contributed by atoms with Crippen molar-refractivity contribution in [3.05, 3.63) is 176 Å². The molecule has 5 aromatic carbocycles. The summed E-state index contributed by atoms with van der Waals surface area (Å²) in [4.78, 5) is 19.3. The second-order valence-electron chi connectivity index (χ2n) is 12.6. The van der Waals surface area contributed by atoms with Crippen molar-refractivity contribution in [3.63, 3.8) is 0 Å². The van der Waals surface area contributed by atoms with Gasteiger partial charge in [0.1, 0.15) is 0 Å². The maximum absolute atomic E-state index is 5.24. The standard InChI is InChI=1S/C46H32N4/c1-2-12-31(13-3-1)42-28-43(33-15-8-14-32(26-33)36-18-10-24-47-29-36)50-46(49-42)35-17-9-16-34(27-35)44-38-20-4-6-22-40(38)45(37-19-11-25-48-30-37)41-23-7-5-21-39(41)44/h1-2,4-12,14-30H,3,13H2. The summed E-state index contributed by atoms with van der Waals surface area (Å²) >= 11 is 0. The number of pyridine rings is 2. The highest BCUT2D eigenvalue weighted by Gasteiger charge is 2.18. The molecule has 3 heterocycles. The van der Waals surface area contributed by atoms with Crippen LogP contribution in [0.3, 0.4) is 0 Å². The van der Waals surface area contributed by atoms with E-state index >= 15 is 0 Å². The van der Waals surface area contributed by atoms with E-state index in [0.717, 1.165) is 57.6 Å². The fraction of sp³-hybridized carbons (Fsp3) is 0.0435. The predicted octanol–water partition coefficient (Wildman–Crippen LogP) is 11.6. The normalized spacial score (nSPS) is 12.7. The zero-order valence-corrected chi connectivity index (χ0v) is 27.4. The van der Waals surface area contributed by atoms with Gasteiger partial charge in [-0.3, -0.25) is 9.97 Å². The fourth-order valence-electron chi connectivity index (χ4n) is 7.17. The van der Waals surface area contributed by atoms with Gasteiger partial charge in [0.15, 0.2) is 5.82 Å². The van der Waals surface area contributed by atoms with Crippen LogP contribution in [0.1, 0.15) is 18.5 Å². The molecule has 0 saturated carbocycles. The third kappa shape index (κ3) is 5.47. The van der Waals surface area contributed by atoms with Crippen LogP contribution < -0.4 is 0 Å². The van der Waals surface area contributed by atoms with Crippen LogP contribution in [0.4, 0.5) is 0 Å². The molecule has 236 valence electrons. The van der Waals surface area contributed by atoms with E-state index in [9.17, 15) is 0 Å². The number of aromatic nitrogens is 4. The molecule has 50 heavy (non-hydrogen) atoms. The second kappa shape index (κ2) is 12.8. The van der Waals surface area contributed by atoms with Gasteiger partial charge in [-0.15, -0.1) is 0 Å². The van der Waals surface area contributed by atoms with Crippen LogP contribution in [-0.2, 0) is 0 Å². The highest BCUT2D eigenvalue weighted by Crippen LogP contribution is 2.44. The molecule has 0 spiro atoms. The van der Waals surface area contributed by atoms with E-state index in [1.165, 1.54) is 38.2 Å². The van der Waals surface area contributed by atoms with Crippen LogP contribution >= 0.6 is 0 Å². The third-order valence-electron chi connectivity index (χ3n) is 9.51. The van der Waals surface area contributed by atoms with Gasteiger partial charge in [-0.05, 0) is 92.5 Å². The van der Waals surface area contributed by atoms with Crippen molar-refractivity contribution in [3.8, 4) is 56.0 Å². The number of rotatable bonds is 6. The summed E-state index contributed by atoms with van der Waals surface area (Å²) in [5, 5.41) is 4.80. The molecule has 1 aliphatic rings. The number of allylic oxidation sites excluding steroid dienone is 4. The van der Waals surface area contributed by atoms with E-state index in [4.69, 9.17) is 9.97 Å². The van der Waals surface area contributed by atoms with Crippen molar-refractivity contribution in [2.75, 3.05) is 0 Å². The lowest BCUT2D eigenvalue weighted by Crippen LogP contribution is -2.00. The van der Waals surface area contributed by atoms with Gasteiger partial charge < -0.3 is 0 Å². The van der Waals surface area contributed by atoms with Gasteiger partial charge in [0, 0.05) is 47.0 Å². The zero-order valence-electron chi connectivity index (χ0n) is 27.4. The molecule has 0 unspecified atom stereocenters. The lowest BCUT2D eigenvalue weighted by molar-refractivity contribution is 1.03. The summed E-state index contributed by atoms with van der Waals surface area (Å²) in [6.45, 7) is 0. The third-order valence-corrected chi connectivity index (χ3v) is 9.51. The minimum absolute atomic E-state index is 0.710. The quantitative estimate of drug-likeness (QED) is 0.170. The second-order valence-corrected chi connectivity index (χ2v) is 12.6. The summed E-state index contributed by atoms with van der Waals surface area (Å²) in [6.07, 6.45) is 16.0. The smallest absolute Gasteiger partial charge is 0.160 e. The largest absolute Gasteiger partial charge is 0.264 e. The van der Waals surface area contributed by atoms with Gasteiger partial charge in [-0.25, -0.2) is 9.97 Å². The average molecular weight is 641 g/mol. The number of fused-ring (bicyclic) bond motifs is 2. The predicted molar refractivity (Wildman–Crippen MR) is 206 cm³/mol. The van der Waals surface area contributed by atoms with E-state index in [1.54, 1.807) is 6.20 Å². The summed E-state index contributed by atoms with van der Waals surface area (Å²) < 4.78 is 0. The van der Waals surface area contributed by atoms with Gasteiger partial charge >= 0.3 is 0 Å². The topological polar surface area (TPSA) is 51.6 Å². The van der Waals surface area contributed by atoms with Crippen LogP contribution in [-0.4, -0.2) is 19.9 Å². The summed E-state index contributed by atoms with van der Waals surface area (Å²) in [6, 6.07) is 45.0. The van der Waals surface area contributed by atoms with E-state index in [1.807, 2.05) is 30.7 Å². The maximum Gasteiger partial charge on any atom is 0.160 e. The van der Waals surface area contributed by atoms with Gasteiger partial charge in [0.2, 0.25) is 0 Å². The molecule has 9 rings (SSSR count). The molecule has 0 aliphatic heterocycles. The minimum atomic E-state index is 0.710. The van der Waals surface area contributed by atoms with E-state index in [2.05, 4.69) is 143 Å². The molecule has 4 nitrogen and oxygen atoms in total. The molecular weight excluding hydrogens is 609 g/mol. The molecule has 0 bridgehead atoms. The van der Waals surface area contributed by atoms with Crippen molar-refractivity contribution in [2.24, 2.45) is 0 Å². The molecule has 0 N–H and O–H groups in total. The first-order chi connectivity index (χ1) is 24.8. The Morgan fingerprint density at radius 3 is 1.64 bits per heavy atom. The van der Waals surface area contributed by atoms with Crippen LogP contribution in [0.25, 0.3) is 83.1 Å². The average Bonchev–Trinajstić information content (AvgIpc) is 3.21. The van der Waals surface area contributed by atoms with Gasteiger partial charge in [0.05, 0.1) is 11.4 Å². The van der Waals surface area contributed by atoms with Gasteiger partial charge in [-0.2, -0.15) is 0 Å². The monoisotopic (exact) mass is 640 g/mol. The van der Waals surface area contributed by atoms with Crippen molar-refractivity contribution in [1.29, 1.82) is 0 Å². The molecular formula is C46H32N4. The Labute approximate surface area is 291 Å². The Morgan fingerprint density at radius 1 is 0.440 bits per heavy atom. The molecule has 0 atom stereocenters. The van der Waals surface area contributed by atoms with Crippen molar-refractivity contribution in [1.82, 2.24) is 19.9 Å². The van der Waals surface area contributed by atoms with Crippen LogP contribution in [0.2, 0.25) is 0 Å². The molecule has 0 amide bonds. The number of benzene rings is 5. The van der Waals surface area contributed by atoms with Crippen LogP contribution in [0.5, 0.6) is 0 Å². The highest BCUT2D eigenvalue weighted by atomic mass is 14.9. The Morgan fingerprint density at radius 2 is 1.00 bits per heavy atom. The van der Waals surface area contributed by atoms with E-state index in [-0.39, 0.29) is 0 Å². The lowest BCUT2D eigenvalue weighted by atomic mass is 9.86. The summed E-state index contributed by atoms with van der Waals surface area (Å²) in [5.41, 5.74) is 11.9. The first-order valence-electron chi connectivity index (χ1n) is 17.0. The SMILES string of the molecule is C1=CCCC(c2cc(-c3cccc(-c4cccnc4)c3)nc(-c3cccc(-c4c5ccccc5c(-c5cccnc5)c5ccccc45)c3)n2)=C1. The van der Waals surface area contributed by atoms with Crippen LogP contribution in [0, 0.1) is 0 Å². The van der Waals surface area contributed by atoms with E-state index in [0.29, 0.717) is 5.82 Å². The number of hydrogen-bond donors (Lipinski definition) is 0. The molecule has 0 saturated heterocycles. The minimum Gasteiger partial charge on any atom is -0.264 e. The Bertz CT molecular complexity index is 2530. The highest BCUT2D eigenvalue weighted by molar-refractivity contribution is 6.21. The molecule has 1 aliphatic carbocycles. The number of nitrogens with zero attached hydrogens (tertiary/aromatic N) is 4. The molecule has 3 aromatic heterocycles. The molecule has 0 radical (unpaired) electrons. The molecule has 8 aromatic rings. The summed E-state index contributed by atoms with van der Waals surface area (Å²) in [7, 11) is 0. The van der Waals surface area contributed by atoms with Crippen molar-refractivity contribution in [2.45, 2.75) is 12.8 Å². The first-order valence-corrected chi connectivity index (χ1v) is 17.0. The Hall–Kier alpha value is -6.52. The molecule has 0 fully saturated rings. The van der Waals surface area contributed by atoms with E-state index < -0.39 is 0 Å². The van der Waals surface area contributed by atoms with Crippen LogP contribution in [0.15, 0.2) is 170 Å². The maximum atomic E-state index is 5.24. The first kappa shape index (κ1) is 29.6. The summed E-state index contributed by atoms with van der Waals surface area (Å²) in [5.74, 6) is 0.710. The zero-order chi connectivity index (χ0) is 33.3. The number of hydrogen-bond acceptors (Lipinski definition) is 4. The van der Waals surface area contributed by atoms with Crippen molar-refractivity contribution < 1.29 is 0 Å². The lowest BCUT2D eigenvalue weighted by Gasteiger charge is -2.18. The fourth-order valence-corrected chi connectivity index (χ4v) is 7.17. The van der Waals surface area contributed by atoms with Gasteiger partial charge in [-0.1, -0.05) is 115 Å². The Balaban J connectivity index is 1.23. The van der Waals surface area contributed by atoms with Crippen molar-refractivity contribution >= 4 is 27.1 Å².